The zero-order chi connectivity index (χ0) is 21.0. The van der Waals surface area contributed by atoms with Gasteiger partial charge in [0.2, 0.25) is 0 Å². The van der Waals surface area contributed by atoms with Crippen molar-refractivity contribution in [1.82, 2.24) is 0 Å². The minimum absolute atomic E-state index is 0.351. The summed E-state index contributed by atoms with van der Waals surface area (Å²) in [6.07, 6.45) is 0. The van der Waals surface area contributed by atoms with E-state index in [1.165, 1.54) is 44.5 Å². The summed E-state index contributed by atoms with van der Waals surface area (Å²) in [6.45, 7) is 3.72. The molecule has 0 N–H and O–H groups in total. The van der Waals surface area contributed by atoms with E-state index in [1.54, 1.807) is 0 Å². The van der Waals surface area contributed by atoms with Crippen molar-refractivity contribution in [3.8, 4) is 22.3 Å². The zero-order valence-electron chi connectivity index (χ0n) is 17.6. The topological polar surface area (TPSA) is 24.7 Å². The Hall–Kier alpha value is -3.26. The maximum absolute atomic E-state index is 4.61. The molecule has 1 spiro atoms. The number of rotatable bonds is 2. The van der Waals surface area contributed by atoms with E-state index in [-0.39, 0.29) is 5.41 Å². The molecule has 0 radical (unpaired) electrons. The predicted molar refractivity (Wildman–Crippen MR) is 136 cm³/mol. The van der Waals surface area contributed by atoms with Crippen LogP contribution in [0.5, 0.6) is 0 Å². The van der Waals surface area contributed by atoms with Crippen molar-refractivity contribution in [2.45, 2.75) is 5.41 Å². The SMILES string of the molecule is B/B=N/c1ccc2c(c1)C1(c3ccccc3-2)c2ccccc2-c2ccc(/N=B/B)cc21. The molecule has 0 bridgehead atoms. The van der Waals surface area contributed by atoms with Gasteiger partial charge in [0.15, 0.2) is 0 Å². The average Bonchev–Trinajstić information content (AvgIpc) is 3.26. The van der Waals surface area contributed by atoms with Gasteiger partial charge in [-0.3, -0.25) is 0 Å². The van der Waals surface area contributed by atoms with E-state index in [1.807, 2.05) is 29.4 Å². The van der Waals surface area contributed by atoms with Crippen LogP contribution in [0.25, 0.3) is 22.3 Å². The first-order valence-electron chi connectivity index (χ1n) is 10.7. The molecule has 0 saturated heterocycles. The molecule has 0 saturated carbocycles. The summed E-state index contributed by atoms with van der Waals surface area (Å²) >= 11 is 0. The molecule has 0 unspecified atom stereocenters. The molecule has 0 fully saturated rings. The van der Waals surface area contributed by atoms with Gasteiger partial charge in [0.1, 0.15) is 0 Å². The predicted octanol–water partition coefficient (Wildman–Crippen LogP) is 4.16. The van der Waals surface area contributed by atoms with E-state index in [2.05, 4.69) is 94.7 Å². The maximum atomic E-state index is 4.61. The fraction of sp³-hybridized carbons (Fsp3) is 0.0400. The summed E-state index contributed by atoms with van der Waals surface area (Å²) in [6, 6.07) is 30.9. The summed E-state index contributed by atoms with van der Waals surface area (Å²) in [5.41, 5.74) is 12.1. The molecular weight excluding hydrogens is 372 g/mol. The molecule has 2 aliphatic carbocycles. The molecule has 0 aromatic heterocycles. The molecule has 4 aromatic rings. The summed E-state index contributed by atoms with van der Waals surface area (Å²) in [7, 11) is 3.93. The van der Waals surface area contributed by atoms with Crippen LogP contribution < -0.4 is 0 Å². The first-order chi connectivity index (χ1) is 15.3. The monoisotopic (exact) mass is 390 g/mol. The minimum atomic E-state index is -0.351. The van der Waals surface area contributed by atoms with Gasteiger partial charge >= 0.3 is 185 Å². The van der Waals surface area contributed by atoms with E-state index in [4.69, 9.17) is 0 Å². The average molecular weight is 390 g/mol. The molecule has 2 nitrogen and oxygen atoms in total. The first-order valence-corrected chi connectivity index (χ1v) is 10.7. The molecule has 6 heteroatoms. The Balaban J connectivity index is 1.81. The van der Waals surface area contributed by atoms with Crippen LogP contribution in [0.4, 0.5) is 11.4 Å². The van der Waals surface area contributed by atoms with E-state index < -0.39 is 0 Å². The van der Waals surface area contributed by atoms with Gasteiger partial charge < -0.3 is 0 Å². The Kier molecular flexibility index (Phi) is 4.11. The van der Waals surface area contributed by atoms with Crippen molar-refractivity contribution in [3.05, 3.63) is 107 Å². The Morgan fingerprint density at radius 2 is 0.935 bits per heavy atom. The second kappa shape index (κ2) is 6.88. The van der Waals surface area contributed by atoms with Gasteiger partial charge in [-0.2, -0.15) is 0 Å². The zero-order valence-corrected chi connectivity index (χ0v) is 17.6. The van der Waals surface area contributed by atoms with E-state index in [0.717, 1.165) is 11.4 Å². The quantitative estimate of drug-likeness (QED) is 0.397. The Labute approximate surface area is 185 Å². The molecule has 0 amide bonds. The summed E-state index contributed by atoms with van der Waals surface area (Å²) in [4.78, 5) is 9.22. The molecule has 4 aromatic carbocycles. The van der Waals surface area contributed by atoms with Crippen molar-refractivity contribution >= 4 is 40.8 Å². The summed E-state index contributed by atoms with van der Waals surface area (Å²) in [5.74, 6) is 0. The van der Waals surface area contributed by atoms with Crippen LogP contribution in [0.2, 0.25) is 0 Å². The van der Waals surface area contributed by atoms with Crippen LogP contribution in [0.1, 0.15) is 22.3 Å². The first kappa shape index (κ1) is 18.5. The van der Waals surface area contributed by atoms with Gasteiger partial charge in [-0.15, -0.1) is 0 Å². The summed E-state index contributed by atoms with van der Waals surface area (Å²) in [5, 5.41) is 0. The third-order valence-corrected chi connectivity index (χ3v) is 6.61. The van der Waals surface area contributed by atoms with Crippen LogP contribution >= 0.6 is 0 Å². The Morgan fingerprint density at radius 1 is 0.516 bits per heavy atom. The van der Waals surface area contributed by atoms with Crippen molar-refractivity contribution in [2.75, 3.05) is 0 Å². The molecule has 140 valence electrons. The van der Waals surface area contributed by atoms with Gasteiger partial charge in [0.25, 0.3) is 0 Å². The van der Waals surface area contributed by atoms with Crippen LogP contribution in [0.3, 0.4) is 0 Å². The molecule has 0 aliphatic heterocycles. The Morgan fingerprint density at radius 3 is 1.39 bits per heavy atom. The van der Waals surface area contributed by atoms with Gasteiger partial charge in [0.05, 0.1) is 0 Å². The molecule has 0 atom stereocenters. The van der Waals surface area contributed by atoms with E-state index in [0.29, 0.717) is 0 Å². The molecule has 31 heavy (non-hydrogen) atoms. The number of fused-ring (bicyclic) bond motifs is 10. The summed E-state index contributed by atoms with van der Waals surface area (Å²) < 4.78 is 0. The van der Waals surface area contributed by atoms with E-state index >= 15 is 0 Å². The van der Waals surface area contributed by atoms with Crippen LogP contribution in [0.15, 0.2) is 94.7 Å². The molecule has 0 heterocycles. The second-order valence-electron chi connectivity index (χ2n) is 8.08. The van der Waals surface area contributed by atoms with Crippen molar-refractivity contribution in [2.24, 2.45) is 9.79 Å². The molecule has 6 rings (SSSR count). The van der Waals surface area contributed by atoms with Crippen LogP contribution in [-0.2, 0) is 5.41 Å². The number of benzene rings is 4. The second-order valence-corrected chi connectivity index (χ2v) is 8.08. The van der Waals surface area contributed by atoms with Crippen LogP contribution in [-0.4, -0.2) is 29.4 Å². The fourth-order valence-electron chi connectivity index (χ4n) is 5.57. The van der Waals surface area contributed by atoms with Crippen molar-refractivity contribution in [1.29, 1.82) is 0 Å². The number of nitrogens with zero attached hydrogens (tertiary/aromatic N) is 2. The van der Waals surface area contributed by atoms with Crippen LogP contribution in [0, 0.1) is 0 Å². The standard InChI is InChI=1S/C25H18B4N2/c26-28-30-15-9-11-19-17-5-1-3-7-21(17)25(23(19)13-15)22-8-4-2-6-18(22)20-12-10-16(31-29-27)14-24(20)25/h1-14H,26-27H2. The van der Waals surface area contributed by atoms with Gasteiger partial charge in [0, 0.05) is 0 Å². The number of hydrogen-bond acceptors (Lipinski definition) is 2. The van der Waals surface area contributed by atoms with Crippen molar-refractivity contribution < 1.29 is 0 Å². The van der Waals surface area contributed by atoms with Gasteiger partial charge in [-0.1, -0.05) is 0 Å². The van der Waals surface area contributed by atoms with Gasteiger partial charge in [-0.25, -0.2) is 0 Å². The third kappa shape index (κ3) is 2.39. The van der Waals surface area contributed by atoms with Crippen molar-refractivity contribution in [3.63, 3.8) is 0 Å². The third-order valence-electron chi connectivity index (χ3n) is 6.61. The molecule has 2 aliphatic rings. The molecular formula is C25H18B4N2. The van der Waals surface area contributed by atoms with Gasteiger partial charge in [-0.05, 0) is 0 Å². The number of hydrogen-bond donors (Lipinski definition) is 0. The fourth-order valence-corrected chi connectivity index (χ4v) is 5.57. The normalized spacial score (nSPS) is 14.2. The Bertz CT molecular complexity index is 1320. The van der Waals surface area contributed by atoms with E-state index in [9.17, 15) is 0 Å².